The molecule has 2 N–H and O–H groups in total. The van der Waals surface area contributed by atoms with Crippen LogP contribution in [-0.2, 0) is 4.74 Å². The molecular weight excluding hydrogens is 332 g/mol. The van der Waals surface area contributed by atoms with Crippen molar-refractivity contribution < 1.29 is 19.0 Å². The average molecular weight is 350 g/mol. The Balaban J connectivity index is 1.83. The predicted octanol–water partition coefficient (Wildman–Crippen LogP) is 4.32. The third kappa shape index (κ3) is 1.89. The topological polar surface area (TPSA) is 76.3 Å². The van der Waals surface area contributed by atoms with Crippen LogP contribution in [0.5, 0.6) is 11.5 Å². The van der Waals surface area contributed by atoms with Gasteiger partial charge in [-0.25, -0.2) is 4.79 Å². The number of benzene rings is 2. The standard InChI is InChI=1S/C20H18N2O4/c1-4-24-20(23)19-10(3)17-9(2)18-11-5-15-16(26-8-25-15)7-12(11)21-14(18)6-13(17)22-19/h5-7,21-22H,4,8H2,1-3H3. The summed E-state index contributed by atoms with van der Waals surface area (Å²) in [6.45, 7) is 6.45. The molecule has 1 aliphatic rings. The first-order valence-corrected chi connectivity index (χ1v) is 8.62. The summed E-state index contributed by atoms with van der Waals surface area (Å²) in [6.07, 6.45) is 0. The first-order chi connectivity index (χ1) is 12.6. The molecule has 6 heteroatoms. The zero-order chi connectivity index (χ0) is 18.0. The SMILES string of the molecule is CCOC(=O)c1[nH]c2cc3[nH]c4cc5c(cc4c3c(C)c2c1C)OCO5. The summed E-state index contributed by atoms with van der Waals surface area (Å²) in [5, 5.41) is 3.27. The van der Waals surface area contributed by atoms with Crippen molar-refractivity contribution in [1.82, 2.24) is 9.97 Å². The number of aromatic amines is 2. The minimum absolute atomic E-state index is 0.253. The molecule has 2 aromatic carbocycles. The number of esters is 1. The number of aromatic nitrogens is 2. The van der Waals surface area contributed by atoms with E-state index in [2.05, 4.69) is 16.9 Å². The first kappa shape index (κ1) is 15.1. The number of nitrogens with one attached hydrogen (secondary N) is 2. The van der Waals surface area contributed by atoms with Gasteiger partial charge in [0.1, 0.15) is 5.69 Å². The summed E-state index contributed by atoms with van der Waals surface area (Å²) in [4.78, 5) is 18.9. The predicted molar refractivity (Wildman–Crippen MR) is 99.2 cm³/mol. The summed E-state index contributed by atoms with van der Waals surface area (Å²) in [7, 11) is 0. The highest BCUT2D eigenvalue weighted by Crippen LogP contribution is 2.41. The minimum Gasteiger partial charge on any atom is -0.461 e. The van der Waals surface area contributed by atoms with Crippen molar-refractivity contribution in [2.24, 2.45) is 0 Å². The molecule has 0 fully saturated rings. The summed E-state index contributed by atoms with van der Waals surface area (Å²) in [5.74, 6) is 1.20. The smallest absolute Gasteiger partial charge is 0.355 e. The second kappa shape index (κ2) is 5.17. The lowest BCUT2D eigenvalue weighted by molar-refractivity contribution is 0.0519. The fourth-order valence-electron chi connectivity index (χ4n) is 4.00. The molecule has 0 saturated heterocycles. The van der Waals surface area contributed by atoms with Gasteiger partial charge < -0.3 is 24.2 Å². The summed E-state index contributed by atoms with van der Waals surface area (Å²) in [5.41, 5.74) is 5.47. The number of carbonyl (C=O) groups is 1. The molecule has 5 rings (SSSR count). The van der Waals surface area contributed by atoms with Gasteiger partial charge in [0.15, 0.2) is 11.5 Å². The number of H-pyrrole nitrogens is 2. The van der Waals surface area contributed by atoms with Crippen molar-refractivity contribution in [3.63, 3.8) is 0 Å². The Morgan fingerprint density at radius 3 is 2.50 bits per heavy atom. The Bertz CT molecular complexity index is 1220. The molecule has 1 aliphatic heterocycles. The molecule has 0 radical (unpaired) electrons. The van der Waals surface area contributed by atoms with Gasteiger partial charge in [0.25, 0.3) is 0 Å². The number of ether oxygens (including phenoxy) is 3. The largest absolute Gasteiger partial charge is 0.461 e. The molecule has 0 unspecified atom stereocenters. The van der Waals surface area contributed by atoms with Crippen molar-refractivity contribution in [3.05, 3.63) is 35.0 Å². The lowest BCUT2D eigenvalue weighted by Crippen LogP contribution is -2.06. The lowest BCUT2D eigenvalue weighted by Gasteiger charge is -2.03. The molecule has 132 valence electrons. The Morgan fingerprint density at radius 2 is 1.73 bits per heavy atom. The van der Waals surface area contributed by atoms with E-state index < -0.39 is 0 Å². The number of aryl methyl sites for hydroxylation is 2. The van der Waals surface area contributed by atoms with Gasteiger partial charge in [-0.05, 0) is 44.0 Å². The van der Waals surface area contributed by atoms with Crippen molar-refractivity contribution in [2.75, 3.05) is 13.4 Å². The molecule has 2 aromatic heterocycles. The molecule has 0 atom stereocenters. The van der Waals surface area contributed by atoms with E-state index in [0.29, 0.717) is 12.3 Å². The van der Waals surface area contributed by atoms with Gasteiger partial charge in [0.2, 0.25) is 6.79 Å². The van der Waals surface area contributed by atoms with Crippen LogP contribution >= 0.6 is 0 Å². The molecule has 4 aromatic rings. The number of carbonyl (C=O) groups excluding carboxylic acids is 1. The van der Waals surface area contributed by atoms with Crippen LogP contribution in [0.3, 0.4) is 0 Å². The maximum atomic E-state index is 12.2. The lowest BCUT2D eigenvalue weighted by atomic mass is 10.0. The molecule has 0 amide bonds. The maximum Gasteiger partial charge on any atom is 0.355 e. The molecule has 0 aliphatic carbocycles. The van der Waals surface area contributed by atoms with Gasteiger partial charge >= 0.3 is 5.97 Å². The van der Waals surface area contributed by atoms with Crippen LogP contribution < -0.4 is 9.47 Å². The minimum atomic E-state index is -0.322. The van der Waals surface area contributed by atoms with E-state index in [4.69, 9.17) is 14.2 Å². The highest BCUT2D eigenvalue weighted by atomic mass is 16.7. The Hall–Kier alpha value is -3.15. The van der Waals surface area contributed by atoms with Gasteiger partial charge in [0, 0.05) is 33.3 Å². The monoisotopic (exact) mass is 350 g/mol. The highest BCUT2D eigenvalue weighted by Gasteiger charge is 2.22. The molecule has 0 saturated carbocycles. The quantitative estimate of drug-likeness (QED) is 0.528. The highest BCUT2D eigenvalue weighted by molar-refractivity contribution is 6.16. The number of fused-ring (bicyclic) bond motifs is 5. The zero-order valence-corrected chi connectivity index (χ0v) is 14.8. The van der Waals surface area contributed by atoms with Crippen molar-refractivity contribution in [2.45, 2.75) is 20.8 Å². The molecule has 3 heterocycles. The van der Waals surface area contributed by atoms with Crippen LogP contribution in [0.2, 0.25) is 0 Å². The Kier molecular flexibility index (Phi) is 3.01. The van der Waals surface area contributed by atoms with E-state index in [9.17, 15) is 4.79 Å². The van der Waals surface area contributed by atoms with Crippen molar-refractivity contribution in [1.29, 1.82) is 0 Å². The van der Waals surface area contributed by atoms with Gasteiger partial charge in [-0.1, -0.05) is 0 Å². The van der Waals surface area contributed by atoms with Crippen LogP contribution in [0.15, 0.2) is 18.2 Å². The Labute approximate surface area is 149 Å². The van der Waals surface area contributed by atoms with Crippen LogP contribution in [0.1, 0.15) is 28.5 Å². The van der Waals surface area contributed by atoms with Crippen molar-refractivity contribution >= 4 is 38.7 Å². The summed E-state index contributed by atoms with van der Waals surface area (Å²) >= 11 is 0. The molecular formula is C20H18N2O4. The van der Waals surface area contributed by atoms with Crippen LogP contribution in [0, 0.1) is 13.8 Å². The number of rotatable bonds is 2. The van der Waals surface area contributed by atoms with Gasteiger partial charge in [-0.15, -0.1) is 0 Å². The van der Waals surface area contributed by atoms with Crippen LogP contribution in [0.25, 0.3) is 32.7 Å². The van der Waals surface area contributed by atoms with E-state index >= 15 is 0 Å². The second-order valence-electron chi connectivity index (χ2n) is 6.57. The fraction of sp³-hybridized carbons (Fsp3) is 0.250. The number of hydrogen-bond donors (Lipinski definition) is 2. The summed E-state index contributed by atoms with van der Waals surface area (Å²) in [6, 6.07) is 6.03. The van der Waals surface area contributed by atoms with Gasteiger partial charge in [-0.3, -0.25) is 0 Å². The normalized spacial score (nSPS) is 13.2. The van der Waals surface area contributed by atoms with E-state index in [1.165, 1.54) is 0 Å². The van der Waals surface area contributed by atoms with E-state index in [1.54, 1.807) is 6.92 Å². The fourth-order valence-corrected chi connectivity index (χ4v) is 4.00. The van der Waals surface area contributed by atoms with E-state index in [-0.39, 0.29) is 12.8 Å². The van der Waals surface area contributed by atoms with E-state index in [0.717, 1.165) is 55.3 Å². The molecule has 26 heavy (non-hydrogen) atoms. The first-order valence-electron chi connectivity index (χ1n) is 8.62. The molecule has 6 nitrogen and oxygen atoms in total. The second-order valence-corrected chi connectivity index (χ2v) is 6.57. The Morgan fingerprint density at radius 1 is 1.00 bits per heavy atom. The number of hydrogen-bond acceptors (Lipinski definition) is 4. The third-order valence-electron chi connectivity index (χ3n) is 5.12. The summed E-state index contributed by atoms with van der Waals surface area (Å²) < 4.78 is 16.2. The molecule has 0 spiro atoms. The van der Waals surface area contributed by atoms with Gasteiger partial charge in [-0.2, -0.15) is 0 Å². The van der Waals surface area contributed by atoms with Gasteiger partial charge in [0.05, 0.1) is 12.1 Å². The van der Waals surface area contributed by atoms with Crippen molar-refractivity contribution in [3.8, 4) is 11.5 Å². The average Bonchev–Trinajstić information content (AvgIpc) is 3.28. The zero-order valence-electron chi connectivity index (χ0n) is 14.8. The van der Waals surface area contributed by atoms with E-state index in [1.807, 2.05) is 25.1 Å². The van der Waals surface area contributed by atoms with Crippen LogP contribution in [0.4, 0.5) is 0 Å². The molecule has 0 bridgehead atoms. The van der Waals surface area contributed by atoms with Crippen LogP contribution in [-0.4, -0.2) is 29.3 Å². The maximum absolute atomic E-state index is 12.2. The third-order valence-corrected chi connectivity index (χ3v) is 5.12.